The van der Waals surface area contributed by atoms with Crippen molar-refractivity contribution in [3.8, 4) is 44.9 Å². The van der Waals surface area contributed by atoms with Crippen LogP contribution in [0.1, 0.15) is 50.7 Å². The summed E-state index contributed by atoms with van der Waals surface area (Å²) in [5, 5.41) is 0. The summed E-state index contributed by atoms with van der Waals surface area (Å²) in [7, 11) is -4.44. The minimum absolute atomic E-state index is 0.349. The van der Waals surface area contributed by atoms with Gasteiger partial charge in [0.15, 0.2) is 0 Å². The average molecular weight is 485 g/mol. The van der Waals surface area contributed by atoms with Gasteiger partial charge in [-0.3, -0.25) is 4.89 Å². The molecule has 5 rings (SSSR count). The molecule has 0 atom stereocenters. The highest BCUT2D eigenvalue weighted by atomic mass is 31.2. The van der Waals surface area contributed by atoms with E-state index in [0.29, 0.717) is 23.3 Å². The first kappa shape index (κ1) is 23.4. The van der Waals surface area contributed by atoms with Gasteiger partial charge in [0.05, 0.1) is 0 Å². The van der Waals surface area contributed by atoms with Gasteiger partial charge in [-0.25, -0.2) is 4.57 Å². The summed E-state index contributed by atoms with van der Waals surface area (Å²) in [4.78, 5) is 10.7. The summed E-state index contributed by atoms with van der Waals surface area (Å²) in [6.07, 6.45) is 0. The van der Waals surface area contributed by atoms with E-state index in [1.54, 1.807) is 0 Å². The normalized spacial score (nSPS) is 14.0. The van der Waals surface area contributed by atoms with Gasteiger partial charge in [-0.2, -0.15) is 0 Å². The zero-order chi connectivity index (χ0) is 24.7. The quantitative estimate of drug-likeness (QED) is 0.294. The maximum Gasteiger partial charge on any atom is 0.584 e. The van der Waals surface area contributed by atoms with Crippen molar-refractivity contribution in [3.63, 3.8) is 0 Å². The first-order chi connectivity index (χ1) is 16.7. The molecule has 1 aliphatic rings. The molecule has 4 aromatic carbocycles. The minimum atomic E-state index is -4.44. The predicted octanol–water partition coefficient (Wildman–Crippen LogP) is 8.81. The summed E-state index contributed by atoms with van der Waals surface area (Å²) in [6, 6.07) is 27.9. The fraction of sp³-hybridized carbons (Fsp3) is 0.200. The Morgan fingerprint density at radius 2 is 0.914 bits per heavy atom. The number of benzene rings is 4. The molecule has 0 fully saturated rings. The molecule has 1 heterocycles. The highest BCUT2D eigenvalue weighted by molar-refractivity contribution is 7.48. The molecule has 178 valence electrons. The van der Waals surface area contributed by atoms with Crippen molar-refractivity contribution >= 4 is 7.82 Å². The first-order valence-corrected chi connectivity index (χ1v) is 13.4. The smallest absolute Gasteiger partial charge is 0.394 e. The van der Waals surface area contributed by atoms with Gasteiger partial charge in [-0.05, 0) is 34.1 Å². The van der Waals surface area contributed by atoms with Crippen LogP contribution in [0.15, 0.2) is 84.9 Å². The van der Waals surface area contributed by atoms with Crippen molar-refractivity contribution in [2.75, 3.05) is 0 Å². The molecule has 35 heavy (non-hydrogen) atoms. The Balaban J connectivity index is 1.68. The molecule has 0 saturated heterocycles. The van der Waals surface area contributed by atoms with Crippen molar-refractivity contribution in [2.24, 2.45) is 0 Å². The number of phosphoric acid groups is 1. The Morgan fingerprint density at radius 3 is 1.26 bits per heavy atom. The molecule has 0 unspecified atom stereocenters. The van der Waals surface area contributed by atoms with Crippen LogP contribution < -0.4 is 9.05 Å². The summed E-state index contributed by atoms with van der Waals surface area (Å²) in [5.41, 5.74) is 7.21. The Labute approximate surface area is 206 Å². The van der Waals surface area contributed by atoms with Crippen molar-refractivity contribution in [1.82, 2.24) is 0 Å². The number of fused-ring (bicyclic) bond motifs is 3. The monoisotopic (exact) mass is 484 g/mol. The molecule has 1 aliphatic heterocycles. The predicted molar refractivity (Wildman–Crippen MR) is 142 cm³/mol. The zero-order valence-corrected chi connectivity index (χ0v) is 21.3. The fourth-order valence-corrected chi connectivity index (χ4v) is 5.39. The molecule has 4 nitrogen and oxygen atoms in total. The standard InChI is InChI=1S/C30H29O4P/c1-19(2)21-11-15-23(16-12-21)25-7-5-9-27-28-10-6-8-26(24-17-13-22(14-18-24)20(3)4)30(28)34-35(31,32)33-29(25)27/h5-20H,1-4H3,(H,31,32). The average Bonchev–Trinajstić information content (AvgIpc) is 2.96. The zero-order valence-electron chi connectivity index (χ0n) is 20.4. The Kier molecular flexibility index (Phi) is 6.04. The lowest BCUT2D eigenvalue weighted by molar-refractivity contribution is 0.295. The van der Waals surface area contributed by atoms with E-state index < -0.39 is 7.82 Å². The van der Waals surface area contributed by atoms with Gasteiger partial charge < -0.3 is 9.05 Å². The van der Waals surface area contributed by atoms with E-state index in [4.69, 9.17) is 9.05 Å². The summed E-state index contributed by atoms with van der Waals surface area (Å²) in [5.74, 6) is 1.53. The molecule has 0 bridgehead atoms. The Hall–Kier alpha value is -3.33. The molecule has 0 aliphatic carbocycles. The fourth-order valence-electron chi connectivity index (χ4n) is 4.49. The van der Waals surface area contributed by atoms with Crippen LogP contribution in [0.2, 0.25) is 0 Å². The third-order valence-corrected chi connectivity index (χ3v) is 7.34. The number of phosphoric ester groups is 1. The molecule has 4 aromatic rings. The first-order valence-electron chi connectivity index (χ1n) is 11.9. The molecule has 0 aromatic heterocycles. The summed E-state index contributed by atoms with van der Waals surface area (Å²) in [6.45, 7) is 8.60. The van der Waals surface area contributed by atoms with E-state index in [1.807, 2.05) is 60.7 Å². The highest BCUT2D eigenvalue weighted by Gasteiger charge is 2.35. The lowest BCUT2D eigenvalue weighted by atomic mass is 9.92. The van der Waals surface area contributed by atoms with Crippen LogP contribution in [0.5, 0.6) is 11.5 Å². The van der Waals surface area contributed by atoms with Crippen LogP contribution in [0.25, 0.3) is 33.4 Å². The lowest BCUT2D eigenvalue weighted by Crippen LogP contribution is -2.00. The van der Waals surface area contributed by atoms with E-state index >= 15 is 0 Å². The third kappa shape index (κ3) is 4.52. The molecular weight excluding hydrogens is 455 g/mol. The topological polar surface area (TPSA) is 55.8 Å². The van der Waals surface area contributed by atoms with Crippen LogP contribution in [0.3, 0.4) is 0 Å². The van der Waals surface area contributed by atoms with Crippen molar-refractivity contribution in [3.05, 3.63) is 96.1 Å². The van der Waals surface area contributed by atoms with E-state index in [1.165, 1.54) is 11.1 Å². The van der Waals surface area contributed by atoms with Crippen LogP contribution in [0.4, 0.5) is 0 Å². The molecule has 0 amide bonds. The maximum atomic E-state index is 13.1. The second-order valence-corrected chi connectivity index (χ2v) is 10.9. The van der Waals surface area contributed by atoms with E-state index in [9.17, 15) is 9.46 Å². The molecular formula is C30H29O4P. The number of hydrogen-bond donors (Lipinski definition) is 1. The Bertz CT molecular complexity index is 1310. The summed E-state index contributed by atoms with van der Waals surface area (Å²) >= 11 is 0. The second kappa shape index (κ2) is 9.03. The van der Waals surface area contributed by atoms with E-state index in [-0.39, 0.29) is 0 Å². The minimum Gasteiger partial charge on any atom is -0.394 e. The number of para-hydroxylation sites is 2. The van der Waals surface area contributed by atoms with Gasteiger partial charge in [-0.1, -0.05) is 113 Å². The maximum absolute atomic E-state index is 13.1. The van der Waals surface area contributed by atoms with Crippen LogP contribution in [0, 0.1) is 0 Å². The molecule has 1 N–H and O–H groups in total. The van der Waals surface area contributed by atoms with Crippen molar-refractivity contribution in [2.45, 2.75) is 39.5 Å². The van der Waals surface area contributed by atoms with Crippen molar-refractivity contribution in [1.29, 1.82) is 0 Å². The van der Waals surface area contributed by atoms with Crippen molar-refractivity contribution < 1.29 is 18.5 Å². The lowest BCUT2D eigenvalue weighted by Gasteiger charge is -2.16. The van der Waals surface area contributed by atoms with Crippen LogP contribution in [-0.2, 0) is 4.57 Å². The van der Waals surface area contributed by atoms with E-state index in [2.05, 4.69) is 52.0 Å². The molecule has 0 spiro atoms. The molecule has 0 radical (unpaired) electrons. The van der Waals surface area contributed by atoms with Gasteiger partial charge in [0.1, 0.15) is 11.5 Å². The molecule has 0 saturated carbocycles. The largest absolute Gasteiger partial charge is 0.584 e. The van der Waals surface area contributed by atoms with Crippen LogP contribution in [-0.4, -0.2) is 4.89 Å². The van der Waals surface area contributed by atoms with Gasteiger partial charge >= 0.3 is 7.82 Å². The second-order valence-electron chi connectivity index (χ2n) is 9.57. The van der Waals surface area contributed by atoms with Gasteiger partial charge in [0, 0.05) is 22.3 Å². The SMILES string of the molecule is CC(C)c1ccc(-c2cccc3c2OP(=O)(O)Oc2c(-c4ccc(C(C)C)cc4)cccc2-3)cc1. The number of hydrogen-bond acceptors (Lipinski definition) is 3. The van der Waals surface area contributed by atoms with Gasteiger partial charge in [-0.15, -0.1) is 0 Å². The van der Waals surface area contributed by atoms with Crippen LogP contribution >= 0.6 is 7.82 Å². The number of rotatable bonds is 4. The Morgan fingerprint density at radius 1 is 0.571 bits per heavy atom. The third-order valence-electron chi connectivity index (χ3n) is 6.51. The molecule has 5 heteroatoms. The van der Waals surface area contributed by atoms with E-state index in [0.717, 1.165) is 33.4 Å². The van der Waals surface area contributed by atoms with Gasteiger partial charge in [0.25, 0.3) is 0 Å². The van der Waals surface area contributed by atoms with Gasteiger partial charge in [0.2, 0.25) is 0 Å². The summed E-state index contributed by atoms with van der Waals surface area (Å²) < 4.78 is 24.6. The highest BCUT2D eigenvalue weighted by Crippen LogP contribution is 2.58.